The molecule has 1 aromatic rings. The zero-order chi connectivity index (χ0) is 63.2. The molecule has 9 saturated carbocycles. The van der Waals surface area contributed by atoms with E-state index in [0.717, 1.165) is 123 Å². The molecule has 0 aromatic heterocycles. The second-order valence-electron chi connectivity index (χ2n) is 33.2. The molecule has 3 amide bonds. The lowest BCUT2D eigenvalue weighted by atomic mass is 9.45. The second-order valence-corrected chi connectivity index (χ2v) is 35.5. The lowest BCUT2D eigenvalue weighted by Crippen LogP contribution is -2.62. The van der Waals surface area contributed by atoms with Gasteiger partial charge in [-0.3, -0.25) is 18.8 Å². The van der Waals surface area contributed by atoms with Gasteiger partial charge >= 0.3 is 0 Å². The molecule has 3 heterocycles. The van der Waals surface area contributed by atoms with Crippen molar-refractivity contribution in [3.63, 3.8) is 0 Å². The molecule has 13 rings (SSSR count). The minimum atomic E-state index is -1.50. The van der Waals surface area contributed by atoms with E-state index in [0.29, 0.717) is 81.4 Å². The fourth-order valence-electron chi connectivity index (χ4n) is 23.7. The molecule has 2 N–H and O–H groups in total. The Hall–Kier alpha value is -2.14. The number of likely N-dealkylation sites (tertiary alicyclic amines) is 3. The molecule has 1 aromatic carbocycles. The third-order valence-corrected chi connectivity index (χ3v) is 28.9. The molecule has 12 aliphatic rings. The molecule has 12 unspecified atom stereocenters. The van der Waals surface area contributed by atoms with Crippen LogP contribution in [-0.4, -0.2) is 105 Å². The SMILES string of the molecule is CC(=N)C(Cl)(Cl)Cl.CCF.C[C@H]1CC2C3C(CC[C@]2(C)C1)[C@@]1(C)CCC(=O)N(C)C1C[C@@H]3C.C[C@H]1CC2N(C)C(=O)CC[C@]2(C)C2CC[C@]3(C)C[C@@H](O)CC3C21.Cc1ccc(O[C@H]2CC3C4C(CC[C@]3(C)C2)[C@@]2(C)CCC(=O)N(C)C2C[C@@H]4C)cc1. The van der Waals surface area contributed by atoms with Gasteiger partial charge in [-0.05, 0) is 258 Å². The van der Waals surface area contributed by atoms with Crippen molar-refractivity contribution in [1.82, 2.24) is 14.7 Å². The number of hydrogen-bond acceptors (Lipinski definition) is 6. The number of hydrogen-bond donors (Lipinski definition) is 2. The highest BCUT2D eigenvalue weighted by molar-refractivity contribution is 6.76. The Labute approximate surface area is 535 Å². The first-order valence-electron chi connectivity index (χ1n) is 34.5. The van der Waals surface area contributed by atoms with Gasteiger partial charge in [-0.25, -0.2) is 0 Å². The highest BCUT2D eigenvalue weighted by Gasteiger charge is 2.65. The van der Waals surface area contributed by atoms with Crippen molar-refractivity contribution < 1.29 is 28.6 Å². The molecule has 0 radical (unpaired) electrons. The number of amides is 3. The van der Waals surface area contributed by atoms with Gasteiger partial charge in [0, 0.05) is 58.5 Å². The summed E-state index contributed by atoms with van der Waals surface area (Å²) >= 11 is 15.5. The van der Waals surface area contributed by atoms with E-state index in [1.165, 1.54) is 96.5 Å². The Kier molecular flexibility index (Phi) is 20.2. The van der Waals surface area contributed by atoms with Gasteiger partial charge in [0.15, 0.2) is 0 Å². The van der Waals surface area contributed by atoms with E-state index in [1.54, 1.807) is 0 Å². The molecule has 486 valence electrons. The minimum Gasteiger partial charge on any atom is -0.490 e. The standard InChI is InChI=1S/C27H39NO2.C21H35NO.C20H33NO2.C3H4Cl3N.C2H5F/c1-17-6-8-19(9-7-17)30-20-15-22-25-18(2)14-23-27(4,13-11-24(29)28(23)5)21(25)10-12-26(22,3)16-20;1-13-10-16-19-14(2)11-17-21(4,9-7-18(23)22(17)5)15(19)6-8-20(16,3)12-13;1-12-9-16-20(3,8-6-17(23)21(16)4)14-5-7-19(2)11-13(22)10-15(19)18(12)14;1-2(7)3(4,5)6;1-2-3/h6-9,18,20-23,25H,10-16H2,1-5H3;13-17,19H,6-12H2,1-5H3;12-16,18,22H,5-11H2,1-4H3;7H,1H3;2H2,1H3/t18-,20-,21?,22?,23?,25?,26+,27+;13-,14-,15?,16?,17?,19?,20+,21+;12-,13-,14?,15?,16?,18?,19+,20+;;/m000../s1. The van der Waals surface area contributed by atoms with Crippen LogP contribution in [0.5, 0.6) is 5.75 Å². The maximum Gasteiger partial charge on any atom is 0.227 e. The monoisotopic (exact) mass is 1250 g/mol. The van der Waals surface area contributed by atoms with Crippen LogP contribution < -0.4 is 4.74 Å². The number of benzene rings is 1. The number of nitrogens with zero attached hydrogens (tertiary/aromatic N) is 3. The number of alkyl halides is 4. The lowest BCUT2D eigenvalue weighted by molar-refractivity contribution is -0.165. The van der Waals surface area contributed by atoms with E-state index < -0.39 is 3.79 Å². The van der Waals surface area contributed by atoms with E-state index in [9.17, 15) is 23.9 Å². The first-order valence-corrected chi connectivity index (χ1v) is 35.6. The van der Waals surface area contributed by atoms with Crippen LogP contribution >= 0.6 is 34.8 Å². The Morgan fingerprint density at radius 3 is 1.29 bits per heavy atom. The minimum absolute atomic E-state index is 0.0394. The van der Waals surface area contributed by atoms with Crippen LogP contribution in [-0.2, 0) is 14.4 Å². The third-order valence-electron chi connectivity index (χ3n) is 28.0. The summed E-state index contributed by atoms with van der Waals surface area (Å²) in [5, 5.41) is 17.1. The van der Waals surface area contributed by atoms with Gasteiger partial charge < -0.3 is 30.0 Å². The van der Waals surface area contributed by atoms with Gasteiger partial charge in [-0.2, -0.15) is 0 Å². The predicted octanol–water partition coefficient (Wildman–Crippen LogP) is 17.4. The van der Waals surface area contributed by atoms with E-state index >= 15 is 0 Å². The Morgan fingerprint density at radius 2 is 0.919 bits per heavy atom. The van der Waals surface area contributed by atoms with Crippen molar-refractivity contribution in [2.75, 3.05) is 27.8 Å². The van der Waals surface area contributed by atoms with Gasteiger partial charge in [0.1, 0.15) is 5.75 Å². The number of carbonyl (C=O) groups excluding carboxylic acids is 3. The zero-order valence-corrected chi connectivity index (χ0v) is 58.5. The molecule has 9 nitrogen and oxygen atoms in total. The molecular weight excluding hydrogens is 1140 g/mol. The largest absolute Gasteiger partial charge is 0.490 e. The van der Waals surface area contributed by atoms with Crippen molar-refractivity contribution in [2.24, 2.45) is 109 Å². The van der Waals surface area contributed by atoms with Gasteiger partial charge in [-0.15, -0.1) is 0 Å². The summed E-state index contributed by atoms with van der Waals surface area (Å²) in [6.07, 6.45) is 24.7. The maximum atomic E-state index is 12.4. The molecule has 86 heavy (non-hydrogen) atoms. The van der Waals surface area contributed by atoms with E-state index in [4.69, 9.17) is 44.9 Å². The van der Waals surface area contributed by atoms with Gasteiger partial charge in [-0.1, -0.05) is 122 Å². The predicted molar refractivity (Wildman–Crippen MR) is 350 cm³/mol. The quantitative estimate of drug-likeness (QED) is 0.226. The van der Waals surface area contributed by atoms with E-state index in [1.807, 2.05) is 7.05 Å². The molecule has 9 aliphatic carbocycles. The van der Waals surface area contributed by atoms with Crippen molar-refractivity contribution in [3.8, 4) is 5.75 Å². The van der Waals surface area contributed by atoms with Crippen LogP contribution in [0.15, 0.2) is 24.3 Å². The number of carbonyl (C=O) groups is 3. The smallest absolute Gasteiger partial charge is 0.227 e. The molecule has 0 spiro atoms. The summed E-state index contributed by atoms with van der Waals surface area (Å²) in [4.78, 5) is 43.2. The van der Waals surface area contributed by atoms with Gasteiger partial charge in [0.25, 0.3) is 0 Å². The Balaban J connectivity index is 0.000000144. The summed E-state index contributed by atoms with van der Waals surface area (Å²) in [5.74, 6) is 12.3. The maximum absolute atomic E-state index is 12.4. The fourth-order valence-corrected chi connectivity index (χ4v) is 23.7. The number of fused-ring (bicyclic) bond motifs is 15. The number of nitrogens with one attached hydrogen (secondary N) is 1. The molecule has 24 atom stereocenters. The molecule has 13 heteroatoms. The second kappa shape index (κ2) is 25.4. The number of ether oxygens (including phenoxy) is 1. The summed E-state index contributed by atoms with van der Waals surface area (Å²) in [7, 11) is 6.16. The van der Waals surface area contributed by atoms with Crippen LogP contribution in [0, 0.1) is 122 Å². The topological polar surface area (TPSA) is 114 Å². The Bertz CT molecular complexity index is 2510. The van der Waals surface area contributed by atoms with Crippen molar-refractivity contribution in [2.45, 2.75) is 259 Å². The van der Waals surface area contributed by atoms with Gasteiger partial charge in [0.05, 0.1) is 24.6 Å². The molecular formula is C73H116Cl3FN4O5. The first kappa shape index (κ1) is 68.2. The number of halogens is 4. The molecule has 3 saturated heterocycles. The molecule has 3 aliphatic heterocycles. The summed E-state index contributed by atoms with van der Waals surface area (Å²) in [6, 6.07) is 9.91. The normalized spacial score (nSPS) is 47.0. The van der Waals surface area contributed by atoms with Crippen LogP contribution in [0.25, 0.3) is 0 Å². The molecule has 12 fully saturated rings. The number of aryl methyl sites for hydroxylation is 1. The molecule has 0 bridgehead atoms. The highest BCUT2D eigenvalue weighted by Crippen LogP contribution is 2.70. The average molecular weight is 1260 g/mol. The van der Waals surface area contributed by atoms with E-state index in [2.05, 4.69) is 129 Å². The lowest BCUT2D eigenvalue weighted by Gasteiger charge is -2.63. The number of rotatable bonds is 2. The van der Waals surface area contributed by atoms with Gasteiger partial charge in [0.2, 0.25) is 21.5 Å². The van der Waals surface area contributed by atoms with E-state index in [-0.39, 0.29) is 29.3 Å². The number of aliphatic hydroxyl groups is 1. The number of piperidine rings is 3. The first-order chi connectivity index (χ1) is 40.1. The third kappa shape index (κ3) is 12.5. The van der Waals surface area contributed by atoms with Crippen molar-refractivity contribution in [3.05, 3.63) is 29.8 Å². The van der Waals surface area contributed by atoms with Crippen LogP contribution in [0.2, 0.25) is 0 Å². The summed E-state index contributed by atoms with van der Waals surface area (Å²) in [5.41, 5.74) is 3.64. The van der Waals surface area contributed by atoms with Crippen LogP contribution in [0.1, 0.15) is 223 Å². The highest BCUT2D eigenvalue weighted by atomic mass is 35.6. The van der Waals surface area contributed by atoms with Crippen molar-refractivity contribution in [1.29, 1.82) is 5.41 Å². The summed E-state index contributed by atoms with van der Waals surface area (Å²) in [6.45, 7) is 29.7. The Morgan fingerprint density at radius 1 is 0.581 bits per heavy atom. The zero-order valence-electron chi connectivity index (χ0n) is 56.2. The van der Waals surface area contributed by atoms with Crippen molar-refractivity contribution >= 4 is 58.2 Å². The average Bonchev–Trinajstić information content (AvgIpc) is 1.20. The van der Waals surface area contributed by atoms with Crippen LogP contribution in [0.3, 0.4) is 0 Å². The number of aliphatic hydroxyl groups excluding tert-OH is 1. The van der Waals surface area contributed by atoms with Crippen LogP contribution in [0.4, 0.5) is 4.39 Å². The summed E-state index contributed by atoms with van der Waals surface area (Å²) < 4.78 is 15.3. The fraction of sp³-hybridized carbons (Fsp3) is 0.863.